The van der Waals surface area contributed by atoms with E-state index in [2.05, 4.69) is 10.3 Å². The van der Waals surface area contributed by atoms with Crippen molar-refractivity contribution in [2.75, 3.05) is 27.2 Å². The minimum Gasteiger partial charge on any atom is -0.349 e. The molecule has 1 N–H and O–H groups in total. The third-order valence-corrected chi connectivity index (χ3v) is 1.97. The highest BCUT2D eigenvalue weighted by molar-refractivity contribution is 5.92. The van der Waals surface area contributed by atoms with Crippen LogP contribution < -0.4 is 5.32 Å². The first-order valence-electron chi connectivity index (χ1n) is 4.92. The van der Waals surface area contributed by atoms with Gasteiger partial charge in [0, 0.05) is 19.3 Å². The fraction of sp³-hybridized carbons (Fsp3) is 0.364. The zero-order chi connectivity index (χ0) is 12.0. The normalized spacial score (nSPS) is 9.88. The van der Waals surface area contributed by atoms with E-state index in [0.29, 0.717) is 17.8 Å². The van der Waals surface area contributed by atoms with Gasteiger partial charge in [-0.25, -0.2) is 4.98 Å². The summed E-state index contributed by atoms with van der Waals surface area (Å²) in [5, 5.41) is 11.3. The van der Waals surface area contributed by atoms with Crippen LogP contribution in [0.15, 0.2) is 18.3 Å². The molecule has 0 aliphatic carbocycles. The molecule has 5 heteroatoms. The maximum absolute atomic E-state index is 11.6. The number of nitrogens with zero attached hydrogens (tertiary/aromatic N) is 3. The fourth-order valence-electron chi connectivity index (χ4n) is 1.08. The number of pyridine rings is 1. The molecule has 1 aromatic heterocycles. The summed E-state index contributed by atoms with van der Waals surface area (Å²) in [6.45, 7) is 1.36. The Morgan fingerprint density at radius 3 is 2.81 bits per heavy atom. The van der Waals surface area contributed by atoms with E-state index in [4.69, 9.17) is 5.26 Å². The second kappa shape index (κ2) is 5.83. The van der Waals surface area contributed by atoms with Crippen molar-refractivity contribution in [2.45, 2.75) is 0 Å². The van der Waals surface area contributed by atoms with Gasteiger partial charge >= 0.3 is 0 Å². The van der Waals surface area contributed by atoms with Crippen LogP contribution in [0.1, 0.15) is 16.1 Å². The summed E-state index contributed by atoms with van der Waals surface area (Å²) in [6.07, 6.45) is 1.39. The lowest BCUT2D eigenvalue weighted by molar-refractivity contribution is 0.0946. The van der Waals surface area contributed by atoms with Gasteiger partial charge in [0.15, 0.2) is 0 Å². The number of likely N-dealkylation sites (N-methyl/N-ethyl adjacent to an activating group) is 1. The Bertz CT molecular complexity index is 391. The SMILES string of the molecule is CN(C)CCNC(=O)c1ccc(C#N)cn1. The molecule has 0 aliphatic rings. The first kappa shape index (κ1) is 12.1. The monoisotopic (exact) mass is 218 g/mol. The number of amides is 1. The minimum absolute atomic E-state index is 0.216. The zero-order valence-corrected chi connectivity index (χ0v) is 9.40. The first-order valence-corrected chi connectivity index (χ1v) is 4.92. The highest BCUT2D eigenvalue weighted by atomic mass is 16.1. The standard InChI is InChI=1S/C11H14N4O/c1-15(2)6-5-13-11(16)10-4-3-9(7-12)8-14-10/h3-4,8H,5-6H2,1-2H3,(H,13,16). The van der Waals surface area contributed by atoms with Crippen LogP contribution in [0, 0.1) is 11.3 Å². The molecule has 0 atom stereocenters. The molecule has 1 heterocycles. The molecule has 0 saturated heterocycles. The number of hydrogen-bond acceptors (Lipinski definition) is 4. The van der Waals surface area contributed by atoms with Gasteiger partial charge in [0.1, 0.15) is 11.8 Å². The quantitative estimate of drug-likeness (QED) is 0.786. The summed E-state index contributed by atoms with van der Waals surface area (Å²) >= 11 is 0. The van der Waals surface area contributed by atoms with E-state index in [9.17, 15) is 4.79 Å². The number of carbonyl (C=O) groups excluding carboxylic acids is 1. The number of hydrogen-bond donors (Lipinski definition) is 1. The zero-order valence-electron chi connectivity index (χ0n) is 9.40. The smallest absolute Gasteiger partial charge is 0.269 e. The summed E-state index contributed by atoms with van der Waals surface area (Å²) in [6, 6.07) is 5.07. The van der Waals surface area contributed by atoms with Crippen LogP contribution in [0.4, 0.5) is 0 Å². The second-order valence-corrected chi connectivity index (χ2v) is 3.60. The molecule has 5 nitrogen and oxygen atoms in total. The number of aromatic nitrogens is 1. The van der Waals surface area contributed by atoms with Crippen molar-refractivity contribution >= 4 is 5.91 Å². The average molecular weight is 218 g/mol. The Hall–Kier alpha value is -1.93. The van der Waals surface area contributed by atoms with Crippen LogP contribution in [0.25, 0.3) is 0 Å². The van der Waals surface area contributed by atoms with E-state index in [0.717, 1.165) is 6.54 Å². The molecular weight excluding hydrogens is 204 g/mol. The van der Waals surface area contributed by atoms with Gasteiger partial charge in [0.2, 0.25) is 0 Å². The highest BCUT2D eigenvalue weighted by Gasteiger charge is 2.05. The van der Waals surface area contributed by atoms with Crippen molar-refractivity contribution in [1.29, 1.82) is 5.26 Å². The highest BCUT2D eigenvalue weighted by Crippen LogP contribution is 1.98. The average Bonchev–Trinajstić information content (AvgIpc) is 2.28. The molecule has 16 heavy (non-hydrogen) atoms. The van der Waals surface area contributed by atoms with Gasteiger partial charge in [-0.15, -0.1) is 0 Å². The number of rotatable bonds is 4. The first-order chi connectivity index (χ1) is 7.63. The van der Waals surface area contributed by atoms with Gasteiger partial charge in [-0.05, 0) is 26.2 Å². The topological polar surface area (TPSA) is 69.0 Å². The third kappa shape index (κ3) is 3.67. The Morgan fingerprint density at radius 1 is 1.56 bits per heavy atom. The molecule has 0 unspecified atom stereocenters. The fourth-order valence-corrected chi connectivity index (χ4v) is 1.08. The lowest BCUT2D eigenvalue weighted by atomic mass is 10.2. The predicted octanol–water partition coefficient (Wildman–Crippen LogP) is 0.245. The summed E-state index contributed by atoms with van der Waals surface area (Å²) in [5.41, 5.74) is 0.780. The predicted molar refractivity (Wildman–Crippen MR) is 59.8 cm³/mol. The number of carbonyl (C=O) groups is 1. The van der Waals surface area contributed by atoms with Crippen LogP contribution in [0.5, 0.6) is 0 Å². The summed E-state index contributed by atoms with van der Waals surface area (Å²) < 4.78 is 0. The van der Waals surface area contributed by atoms with Crippen molar-refractivity contribution in [3.05, 3.63) is 29.6 Å². The summed E-state index contributed by atoms with van der Waals surface area (Å²) in [5.74, 6) is -0.216. The summed E-state index contributed by atoms with van der Waals surface area (Å²) in [4.78, 5) is 17.4. The van der Waals surface area contributed by atoms with Crippen molar-refractivity contribution < 1.29 is 4.79 Å². The van der Waals surface area contributed by atoms with Crippen LogP contribution >= 0.6 is 0 Å². The van der Waals surface area contributed by atoms with E-state index < -0.39 is 0 Å². The van der Waals surface area contributed by atoms with Crippen LogP contribution in [-0.4, -0.2) is 43.0 Å². The van der Waals surface area contributed by atoms with E-state index in [1.165, 1.54) is 6.20 Å². The van der Waals surface area contributed by atoms with E-state index >= 15 is 0 Å². The van der Waals surface area contributed by atoms with E-state index in [1.54, 1.807) is 12.1 Å². The number of nitriles is 1. The Morgan fingerprint density at radius 2 is 2.31 bits per heavy atom. The molecule has 0 radical (unpaired) electrons. The summed E-state index contributed by atoms with van der Waals surface area (Å²) in [7, 11) is 3.87. The molecular formula is C11H14N4O. The van der Waals surface area contributed by atoms with Gasteiger partial charge < -0.3 is 10.2 Å². The van der Waals surface area contributed by atoms with Gasteiger partial charge in [0.25, 0.3) is 5.91 Å². The van der Waals surface area contributed by atoms with Crippen LogP contribution in [-0.2, 0) is 0 Å². The minimum atomic E-state index is -0.216. The molecule has 0 aromatic carbocycles. The van der Waals surface area contributed by atoms with Crippen molar-refractivity contribution in [2.24, 2.45) is 0 Å². The molecule has 1 rings (SSSR count). The van der Waals surface area contributed by atoms with Crippen molar-refractivity contribution in [3.8, 4) is 6.07 Å². The largest absolute Gasteiger partial charge is 0.349 e. The maximum Gasteiger partial charge on any atom is 0.269 e. The second-order valence-electron chi connectivity index (χ2n) is 3.60. The molecule has 0 aliphatic heterocycles. The van der Waals surface area contributed by atoms with Gasteiger partial charge in [-0.3, -0.25) is 4.79 Å². The maximum atomic E-state index is 11.6. The number of nitrogens with one attached hydrogen (secondary N) is 1. The van der Waals surface area contributed by atoms with Gasteiger partial charge in [-0.1, -0.05) is 0 Å². The van der Waals surface area contributed by atoms with Crippen LogP contribution in [0.3, 0.4) is 0 Å². The molecule has 1 aromatic rings. The molecule has 84 valence electrons. The molecule has 0 spiro atoms. The molecule has 0 bridgehead atoms. The lowest BCUT2D eigenvalue weighted by Gasteiger charge is -2.09. The molecule has 0 saturated carbocycles. The Kier molecular flexibility index (Phi) is 4.42. The van der Waals surface area contributed by atoms with E-state index in [-0.39, 0.29) is 5.91 Å². The Labute approximate surface area is 94.7 Å². The molecule has 0 fully saturated rings. The third-order valence-electron chi connectivity index (χ3n) is 1.97. The van der Waals surface area contributed by atoms with E-state index in [1.807, 2.05) is 25.1 Å². The van der Waals surface area contributed by atoms with Crippen molar-refractivity contribution in [3.63, 3.8) is 0 Å². The van der Waals surface area contributed by atoms with Crippen LogP contribution in [0.2, 0.25) is 0 Å². The lowest BCUT2D eigenvalue weighted by Crippen LogP contribution is -2.31. The Balaban J connectivity index is 2.50. The van der Waals surface area contributed by atoms with Crippen molar-refractivity contribution in [1.82, 2.24) is 15.2 Å². The molecule has 1 amide bonds. The van der Waals surface area contributed by atoms with Gasteiger partial charge in [0.05, 0.1) is 5.56 Å². The van der Waals surface area contributed by atoms with Gasteiger partial charge in [-0.2, -0.15) is 5.26 Å².